The number of hydrogen-bond acceptors (Lipinski definition) is 3. The van der Waals surface area contributed by atoms with Crippen molar-refractivity contribution in [1.82, 2.24) is 9.78 Å². The Morgan fingerprint density at radius 1 is 1.16 bits per heavy atom. The summed E-state index contributed by atoms with van der Waals surface area (Å²) in [5, 5.41) is 7.21. The Morgan fingerprint density at radius 3 is 2.64 bits per heavy atom. The van der Waals surface area contributed by atoms with Crippen molar-refractivity contribution in [2.75, 3.05) is 12.4 Å². The van der Waals surface area contributed by atoms with Crippen molar-refractivity contribution in [3.63, 3.8) is 0 Å². The minimum Gasteiger partial charge on any atom is -0.497 e. The van der Waals surface area contributed by atoms with Crippen LogP contribution in [0.4, 0.5) is 5.69 Å². The maximum atomic E-state index is 12.2. The highest BCUT2D eigenvalue weighted by Crippen LogP contribution is 2.14. The molecule has 1 amide bonds. The van der Waals surface area contributed by atoms with Gasteiger partial charge >= 0.3 is 0 Å². The first-order valence-electron chi connectivity index (χ1n) is 8.14. The number of benzene rings is 2. The molecule has 0 fully saturated rings. The van der Waals surface area contributed by atoms with Gasteiger partial charge in [-0.25, -0.2) is 0 Å². The number of rotatable bonds is 6. The van der Waals surface area contributed by atoms with Gasteiger partial charge in [0.1, 0.15) is 5.75 Å². The predicted octanol–water partition coefficient (Wildman–Crippen LogP) is 3.43. The summed E-state index contributed by atoms with van der Waals surface area (Å²) >= 11 is 0. The Labute approximate surface area is 147 Å². The molecule has 0 saturated carbocycles. The minimum absolute atomic E-state index is 0.0689. The van der Waals surface area contributed by atoms with Crippen LogP contribution in [-0.4, -0.2) is 22.8 Å². The SMILES string of the molecule is COc1ccc(CC(=O)Nc2cnn(Cc3ccccc3C)c2)cc1. The van der Waals surface area contributed by atoms with E-state index in [1.165, 1.54) is 11.1 Å². The van der Waals surface area contributed by atoms with Crippen LogP contribution >= 0.6 is 0 Å². The fraction of sp³-hybridized carbons (Fsp3) is 0.200. The van der Waals surface area contributed by atoms with Gasteiger partial charge in [0, 0.05) is 6.20 Å². The number of aryl methyl sites for hydroxylation is 1. The summed E-state index contributed by atoms with van der Waals surface area (Å²) in [6.45, 7) is 2.76. The zero-order chi connectivity index (χ0) is 17.6. The highest BCUT2D eigenvalue weighted by atomic mass is 16.5. The van der Waals surface area contributed by atoms with Gasteiger partial charge in [-0.05, 0) is 35.7 Å². The number of carbonyl (C=O) groups excluding carboxylic acids is 1. The van der Waals surface area contributed by atoms with E-state index in [4.69, 9.17) is 4.74 Å². The smallest absolute Gasteiger partial charge is 0.228 e. The first-order chi connectivity index (χ1) is 12.1. The summed E-state index contributed by atoms with van der Waals surface area (Å²) in [5.41, 5.74) is 4.07. The normalized spacial score (nSPS) is 10.5. The molecule has 25 heavy (non-hydrogen) atoms. The van der Waals surface area contributed by atoms with E-state index in [1.54, 1.807) is 13.3 Å². The summed E-state index contributed by atoms with van der Waals surface area (Å²) in [6.07, 6.45) is 3.83. The van der Waals surface area contributed by atoms with Crippen LogP contribution in [0.2, 0.25) is 0 Å². The number of anilines is 1. The molecule has 0 saturated heterocycles. The Hall–Kier alpha value is -3.08. The van der Waals surface area contributed by atoms with E-state index < -0.39 is 0 Å². The van der Waals surface area contributed by atoms with Gasteiger partial charge in [0.2, 0.25) is 5.91 Å². The maximum absolute atomic E-state index is 12.2. The molecular formula is C20H21N3O2. The number of ether oxygens (including phenoxy) is 1. The van der Waals surface area contributed by atoms with Gasteiger partial charge in [-0.3, -0.25) is 9.48 Å². The van der Waals surface area contributed by atoms with E-state index in [0.717, 1.165) is 11.3 Å². The van der Waals surface area contributed by atoms with Crippen LogP contribution in [0.25, 0.3) is 0 Å². The van der Waals surface area contributed by atoms with Gasteiger partial charge in [-0.15, -0.1) is 0 Å². The van der Waals surface area contributed by atoms with E-state index in [0.29, 0.717) is 18.7 Å². The average molecular weight is 335 g/mol. The zero-order valence-electron chi connectivity index (χ0n) is 14.4. The van der Waals surface area contributed by atoms with Gasteiger partial charge in [-0.2, -0.15) is 5.10 Å². The van der Waals surface area contributed by atoms with Gasteiger partial charge in [0.15, 0.2) is 0 Å². The van der Waals surface area contributed by atoms with E-state index in [9.17, 15) is 4.79 Å². The summed E-state index contributed by atoms with van der Waals surface area (Å²) in [5.74, 6) is 0.710. The second kappa shape index (κ2) is 7.66. The lowest BCUT2D eigenvalue weighted by atomic mass is 10.1. The molecule has 0 radical (unpaired) electrons. The molecule has 0 aliphatic rings. The van der Waals surface area contributed by atoms with Crippen molar-refractivity contribution in [2.45, 2.75) is 19.9 Å². The molecular weight excluding hydrogens is 314 g/mol. The predicted molar refractivity (Wildman–Crippen MR) is 97.8 cm³/mol. The third kappa shape index (κ3) is 4.47. The second-order valence-electron chi connectivity index (χ2n) is 5.93. The van der Waals surface area contributed by atoms with Crippen molar-refractivity contribution in [3.05, 3.63) is 77.6 Å². The lowest BCUT2D eigenvalue weighted by molar-refractivity contribution is -0.115. The first kappa shape index (κ1) is 16.8. The Kier molecular flexibility index (Phi) is 5.14. The molecule has 5 nitrogen and oxygen atoms in total. The highest BCUT2D eigenvalue weighted by molar-refractivity contribution is 5.92. The molecule has 0 aliphatic carbocycles. The highest BCUT2D eigenvalue weighted by Gasteiger charge is 2.07. The number of carbonyl (C=O) groups is 1. The molecule has 3 aromatic rings. The van der Waals surface area contributed by atoms with Crippen molar-refractivity contribution in [1.29, 1.82) is 0 Å². The number of aromatic nitrogens is 2. The summed E-state index contributed by atoms with van der Waals surface area (Å²) in [4.78, 5) is 12.2. The Bertz CT molecular complexity index is 853. The number of amides is 1. The van der Waals surface area contributed by atoms with Gasteiger partial charge in [0.05, 0.1) is 32.0 Å². The van der Waals surface area contributed by atoms with Crippen LogP contribution in [0.5, 0.6) is 5.75 Å². The molecule has 128 valence electrons. The van der Waals surface area contributed by atoms with E-state index >= 15 is 0 Å². The molecule has 2 aromatic carbocycles. The van der Waals surface area contributed by atoms with E-state index in [2.05, 4.69) is 29.5 Å². The van der Waals surface area contributed by atoms with Crippen molar-refractivity contribution in [3.8, 4) is 5.75 Å². The molecule has 1 N–H and O–H groups in total. The van der Waals surface area contributed by atoms with Crippen LogP contribution in [0.3, 0.4) is 0 Å². The van der Waals surface area contributed by atoms with Crippen molar-refractivity contribution >= 4 is 11.6 Å². The Balaban J connectivity index is 1.58. The third-order valence-corrected chi connectivity index (χ3v) is 4.03. The van der Waals surface area contributed by atoms with E-state index in [1.807, 2.05) is 47.3 Å². The van der Waals surface area contributed by atoms with Gasteiger partial charge < -0.3 is 10.1 Å². The van der Waals surface area contributed by atoms with Crippen molar-refractivity contribution < 1.29 is 9.53 Å². The largest absolute Gasteiger partial charge is 0.497 e. The van der Waals surface area contributed by atoms with Gasteiger partial charge in [0.25, 0.3) is 0 Å². The van der Waals surface area contributed by atoms with Crippen LogP contribution in [-0.2, 0) is 17.8 Å². The molecule has 5 heteroatoms. The topological polar surface area (TPSA) is 56.1 Å². The Morgan fingerprint density at radius 2 is 1.92 bits per heavy atom. The van der Waals surface area contributed by atoms with Gasteiger partial charge in [-0.1, -0.05) is 36.4 Å². The van der Waals surface area contributed by atoms with Crippen LogP contribution < -0.4 is 10.1 Å². The maximum Gasteiger partial charge on any atom is 0.228 e. The molecule has 0 atom stereocenters. The lowest BCUT2D eigenvalue weighted by Gasteiger charge is -2.06. The zero-order valence-corrected chi connectivity index (χ0v) is 14.4. The fourth-order valence-corrected chi connectivity index (χ4v) is 2.61. The number of nitrogens with zero attached hydrogens (tertiary/aromatic N) is 2. The van der Waals surface area contributed by atoms with Crippen molar-refractivity contribution in [2.24, 2.45) is 0 Å². The monoisotopic (exact) mass is 335 g/mol. The molecule has 3 rings (SSSR count). The van der Waals surface area contributed by atoms with Crippen LogP contribution in [0.15, 0.2) is 60.9 Å². The first-order valence-corrected chi connectivity index (χ1v) is 8.14. The summed E-state index contributed by atoms with van der Waals surface area (Å²) in [6, 6.07) is 15.7. The summed E-state index contributed by atoms with van der Waals surface area (Å²) < 4.78 is 6.94. The van der Waals surface area contributed by atoms with Crippen LogP contribution in [0.1, 0.15) is 16.7 Å². The molecule has 0 spiro atoms. The van der Waals surface area contributed by atoms with Crippen LogP contribution in [0, 0.1) is 6.92 Å². The lowest BCUT2D eigenvalue weighted by Crippen LogP contribution is -2.14. The minimum atomic E-state index is -0.0689. The summed E-state index contributed by atoms with van der Waals surface area (Å²) in [7, 11) is 1.62. The molecule has 0 aliphatic heterocycles. The third-order valence-electron chi connectivity index (χ3n) is 4.03. The quantitative estimate of drug-likeness (QED) is 0.751. The standard InChI is InChI=1S/C20H21N3O2/c1-15-5-3-4-6-17(15)13-23-14-18(12-21-23)22-20(24)11-16-7-9-19(25-2)10-8-16/h3-10,12,14H,11,13H2,1-2H3,(H,22,24). The average Bonchev–Trinajstić information content (AvgIpc) is 3.04. The molecule has 0 bridgehead atoms. The molecule has 1 aromatic heterocycles. The number of hydrogen-bond donors (Lipinski definition) is 1. The fourth-order valence-electron chi connectivity index (χ4n) is 2.61. The molecule has 0 unspecified atom stereocenters. The number of nitrogens with one attached hydrogen (secondary N) is 1. The number of methoxy groups -OCH3 is 1. The second-order valence-corrected chi connectivity index (χ2v) is 5.93. The van der Waals surface area contributed by atoms with E-state index in [-0.39, 0.29) is 5.91 Å². The molecule has 1 heterocycles.